The van der Waals surface area contributed by atoms with Gasteiger partial charge in [0, 0.05) is 5.54 Å². The summed E-state index contributed by atoms with van der Waals surface area (Å²) in [5.41, 5.74) is 8.09. The molecule has 0 spiro atoms. The molecule has 0 saturated heterocycles. The Labute approximate surface area is 72.0 Å². The SMILES string of the molecule is NC1(c2ccc(CO)cc2)CC1. The fourth-order valence-electron chi connectivity index (χ4n) is 1.37. The number of hydrogen-bond donors (Lipinski definition) is 2. The molecule has 2 nitrogen and oxygen atoms in total. The fourth-order valence-corrected chi connectivity index (χ4v) is 1.37. The third-order valence-corrected chi connectivity index (χ3v) is 2.50. The summed E-state index contributed by atoms with van der Waals surface area (Å²) in [5, 5.41) is 8.82. The maximum Gasteiger partial charge on any atom is 0.0681 e. The molecule has 1 aromatic rings. The van der Waals surface area contributed by atoms with Crippen LogP contribution < -0.4 is 5.73 Å². The van der Waals surface area contributed by atoms with Crippen molar-refractivity contribution in [2.75, 3.05) is 0 Å². The van der Waals surface area contributed by atoms with Crippen LogP contribution in [-0.2, 0) is 12.1 Å². The fraction of sp³-hybridized carbons (Fsp3) is 0.400. The molecule has 1 saturated carbocycles. The molecule has 0 atom stereocenters. The molecule has 0 amide bonds. The van der Waals surface area contributed by atoms with Crippen LogP contribution in [0.1, 0.15) is 24.0 Å². The average Bonchev–Trinajstić information content (AvgIpc) is 2.85. The molecule has 3 N–H and O–H groups in total. The Morgan fingerprint density at radius 2 is 1.83 bits per heavy atom. The van der Waals surface area contributed by atoms with E-state index in [1.54, 1.807) is 0 Å². The molecule has 1 fully saturated rings. The van der Waals surface area contributed by atoms with Gasteiger partial charge in [0.2, 0.25) is 0 Å². The number of nitrogens with two attached hydrogens (primary N) is 1. The van der Waals surface area contributed by atoms with Crippen LogP contribution in [0.15, 0.2) is 24.3 Å². The van der Waals surface area contributed by atoms with E-state index in [2.05, 4.69) is 0 Å². The van der Waals surface area contributed by atoms with E-state index >= 15 is 0 Å². The molecule has 0 bridgehead atoms. The Morgan fingerprint density at radius 1 is 1.25 bits per heavy atom. The van der Waals surface area contributed by atoms with Gasteiger partial charge in [-0.1, -0.05) is 24.3 Å². The van der Waals surface area contributed by atoms with Gasteiger partial charge in [-0.25, -0.2) is 0 Å². The molecule has 0 unspecified atom stereocenters. The largest absolute Gasteiger partial charge is 0.392 e. The lowest BCUT2D eigenvalue weighted by Crippen LogP contribution is -2.18. The maximum absolute atomic E-state index is 8.82. The van der Waals surface area contributed by atoms with Crippen molar-refractivity contribution >= 4 is 0 Å². The summed E-state index contributed by atoms with van der Waals surface area (Å²) in [6.45, 7) is 0.109. The second kappa shape index (κ2) is 2.57. The van der Waals surface area contributed by atoms with Gasteiger partial charge in [-0.05, 0) is 24.0 Å². The Hall–Kier alpha value is -0.860. The van der Waals surface area contributed by atoms with Crippen LogP contribution in [0, 0.1) is 0 Å². The van der Waals surface area contributed by atoms with E-state index in [4.69, 9.17) is 10.8 Å². The summed E-state index contributed by atoms with van der Waals surface area (Å²) in [6.07, 6.45) is 2.18. The number of rotatable bonds is 2. The highest BCUT2D eigenvalue weighted by atomic mass is 16.3. The standard InChI is InChI=1S/C10H13NO/c11-10(5-6-10)9-3-1-8(7-12)2-4-9/h1-4,12H,5-7,11H2. The number of aliphatic hydroxyl groups is 1. The van der Waals surface area contributed by atoms with Gasteiger partial charge < -0.3 is 10.8 Å². The lowest BCUT2D eigenvalue weighted by Gasteiger charge is -2.08. The monoisotopic (exact) mass is 163 g/mol. The van der Waals surface area contributed by atoms with Crippen molar-refractivity contribution in [2.24, 2.45) is 5.73 Å². The summed E-state index contributed by atoms with van der Waals surface area (Å²) >= 11 is 0. The van der Waals surface area contributed by atoms with E-state index in [0.29, 0.717) is 0 Å². The zero-order valence-electron chi connectivity index (χ0n) is 6.96. The van der Waals surface area contributed by atoms with E-state index in [1.807, 2.05) is 24.3 Å². The highest BCUT2D eigenvalue weighted by Crippen LogP contribution is 2.42. The number of benzene rings is 1. The van der Waals surface area contributed by atoms with Gasteiger partial charge in [-0.3, -0.25) is 0 Å². The second-order valence-electron chi connectivity index (χ2n) is 3.51. The van der Waals surface area contributed by atoms with Crippen LogP contribution in [0.25, 0.3) is 0 Å². The van der Waals surface area contributed by atoms with Gasteiger partial charge in [-0.15, -0.1) is 0 Å². The van der Waals surface area contributed by atoms with Gasteiger partial charge in [0.15, 0.2) is 0 Å². The molecule has 0 aliphatic heterocycles. The zero-order chi connectivity index (χ0) is 8.60. The normalized spacial score (nSPS) is 19.2. The van der Waals surface area contributed by atoms with Crippen molar-refractivity contribution in [2.45, 2.75) is 25.0 Å². The van der Waals surface area contributed by atoms with Crippen LogP contribution in [-0.4, -0.2) is 5.11 Å². The summed E-state index contributed by atoms with van der Waals surface area (Å²) < 4.78 is 0. The maximum atomic E-state index is 8.82. The molecule has 1 aromatic carbocycles. The van der Waals surface area contributed by atoms with Crippen LogP contribution >= 0.6 is 0 Å². The van der Waals surface area contributed by atoms with Crippen molar-refractivity contribution < 1.29 is 5.11 Å². The van der Waals surface area contributed by atoms with E-state index in [1.165, 1.54) is 5.56 Å². The lowest BCUT2D eigenvalue weighted by molar-refractivity contribution is 0.282. The first-order chi connectivity index (χ1) is 5.74. The van der Waals surface area contributed by atoms with Crippen molar-refractivity contribution in [1.82, 2.24) is 0 Å². The summed E-state index contributed by atoms with van der Waals surface area (Å²) in [7, 11) is 0. The van der Waals surface area contributed by atoms with Gasteiger partial charge in [0.05, 0.1) is 6.61 Å². The molecule has 1 aliphatic rings. The molecular weight excluding hydrogens is 150 g/mol. The van der Waals surface area contributed by atoms with Crippen LogP contribution in [0.4, 0.5) is 0 Å². The lowest BCUT2D eigenvalue weighted by atomic mass is 10.0. The Balaban J connectivity index is 2.25. The quantitative estimate of drug-likeness (QED) is 0.686. The highest BCUT2D eigenvalue weighted by molar-refractivity contribution is 5.31. The van der Waals surface area contributed by atoms with Crippen molar-refractivity contribution in [3.63, 3.8) is 0 Å². The number of hydrogen-bond acceptors (Lipinski definition) is 2. The van der Waals surface area contributed by atoms with E-state index < -0.39 is 0 Å². The predicted molar refractivity (Wildman–Crippen MR) is 47.5 cm³/mol. The molecule has 1 aliphatic carbocycles. The minimum Gasteiger partial charge on any atom is -0.392 e. The Bertz CT molecular complexity index is 274. The molecule has 0 aromatic heterocycles. The smallest absolute Gasteiger partial charge is 0.0681 e. The topological polar surface area (TPSA) is 46.2 Å². The zero-order valence-corrected chi connectivity index (χ0v) is 6.96. The van der Waals surface area contributed by atoms with Gasteiger partial charge in [0.1, 0.15) is 0 Å². The van der Waals surface area contributed by atoms with Gasteiger partial charge in [0.25, 0.3) is 0 Å². The molecule has 64 valence electrons. The predicted octanol–water partition coefficient (Wildman–Crippen LogP) is 1.13. The molecular formula is C10H13NO. The summed E-state index contributed by atoms with van der Waals surface area (Å²) in [5.74, 6) is 0. The third-order valence-electron chi connectivity index (χ3n) is 2.50. The first-order valence-corrected chi connectivity index (χ1v) is 4.24. The van der Waals surface area contributed by atoms with Gasteiger partial charge >= 0.3 is 0 Å². The van der Waals surface area contributed by atoms with Crippen LogP contribution in [0.3, 0.4) is 0 Å². The summed E-state index contributed by atoms with van der Waals surface area (Å²) in [6, 6.07) is 7.89. The minimum atomic E-state index is -0.0476. The van der Waals surface area contributed by atoms with Gasteiger partial charge in [-0.2, -0.15) is 0 Å². The average molecular weight is 163 g/mol. The van der Waals surface area contributed by atoms with Crippen LogP contribution in [0.5, 0.6) is 0 Å². The first-order valence-electron chi connectivity index (χ1n) is 4.24. The van der Waals surface area contributed by atoms with Crippen molar-refractivity contribution in [1.29, 1.82) is 0 Å². The highest BCUT2D eigenvalue weighted by Gasteiger charge is 2.39. The Morgan fingerprint density at radius 3 is 2.25 bits per heavy atom. The molecule has 0 radical (unpaired) electrons. The van der Waals surface area contributed by atoms with E-state index in [9.17, 15) is 0 Å². The van der Waals surface area contributed by atoms with Crippen molar-refractivity contribution in [3.8, 4) is 0 Å². The molecule has 0 heterocycles. The van der Waals surface area contributed by atoms with Crippen molar-refractivity contribution in [3.05, 3.63) is 35.4 Å². The molecule has 2 heteroatoms. The number of aliphatic hydroxyl groups excluding tert-OH is 1. The second-order valence-corrected chi connectivity index (χ2v) is 3.51. The minimum absolute atomic E-state index is 0.0476. The third kappa shape index (κ3) is 1.24. The Kier molecular flexibility index (Phi) is 1.67. The van der Waals surface area contributed by atoms with E-state index in [-0.39, 0.29) is 12.1 Å². The first kappa shape index (κ1) is 7.77. The van der Waals surface area contributed by atoms with E-state index in [0.717, 1.165) is 18.4 Å². The van der Waals surface area contributed by atoms with Crippen LogP contribution in [0.2, 0.25) is 0 Å². The summed E-state index contributed by atoms with van der Waals surface area (Å²) in [4.78, 5) is 0. The molecule has 2 rings (SSSR count). The molecule has 12 heavy (non-hydrogen) atoms.